The molecule has 0 amide bonds. The van der Waals surface area contributed by atoms with Gasteiger partial charge >= 0.3 is 0 Å². The molecule has 0 fully saturated rings. The first-order chi connectivity index (χ1) is 12.6. The minimum absolute atomic E-state index is 0.124. The second-order valence-corrected chi connectivity index (χ2v) is 6.62. The standard InChI is InChI=1S/C21H21N3O2/c1-24-20(25)13-18(23-21(24)22)7-5-14-3-2-4-15(11-14)16-6-8-19-17(12-16)9-10-26-19/h2-4,6,8,11-13H,5,7,9-10H2,1H3,(H2,22,23). The molecule has 0 spiro atoms. The molecule has 0 saturated heterocycles. The lowest BCUT2D eigenvalue weighted by molar-refractivity contribution is 0.357. The molecule has 1 aromatic heterocycles. The first-order valence-corrected chi connectivity index (χ1v) is 8.77. The van der Waals surface area contributed by atoms with E-state index in [0.717, 1.165) is 30.9 Å². The molecule has 3 aromatic rings. The largest absolute Gasteiger partial charge is 0.493 e. The van der Waals surface area contributed by atoms with E-state index in [-0.39, 0.29) is 11.5 Å². The van der Waals surface area contributed by atoms with Gasteiger partial charge in [0.25, 0.3) is 5.56 Å². The van der Waals surface area contributed by atoms with Crippen molar-refractivity contribution in [2.24, 2.45) is 7.05 Å². The summed E-state index contributed by atoms with van der Waals surface area (Å²) in [4.78, 5) is 16.1. The third-order valence-electron chi connectivity index (χ3n) is 4.84. The van der Waals surface area contributed by atoms with Crippen LogP contribution in [0.5, 0.6) is 5.75 Å². The number of nitrogens with zero attached hydrogens (tertiary/aromatic N) is 2. The molecule has 26 heavy (non-hydrogen) atoms. The number of ether oxygens (including phenoxy) is 1. The van der Waals surface area contributed by atoms with Crippen LogP contribution in [0.15, 0.2) is 53.3 Å². The second kappa shape index (κ2) is 6.67. The van der Waals surface area contributed by atoms with Crippen molar-refractivity contribution in [2.75, 3.05) is 12.3 Å². The van der Waals surface area contributed by atoms with Crippen LogP contribution in [0, 0.1) is 0 Å². The Morgan fingerprint density at radius 1 is 1.12 bits per heavy atom. The summed E-state index contributed by atoms with van der Waals surface area (Å²) in [6.45, 7) is 0.769. The normalized spacial score (nSPS) is 12.7. The first kappa shape index (κ1) is 16.4. The average Bonchev–Trinajstić information content (AvgIpc) is 3.12. The van der Waals surface area contributed by atoms with E-state index in [1.165, 1.54) is 26.8 Å². The topological polar surface area (TPSA) is 70.1 Å². The molecule has 0 bridgehead atoms. The molecular weight excluding hydrogens is 326 g/mol. The molecule has 2 N–H and O–H groups in total. The molecule has 0 atom stereocenters. The van der Waals surface area contributed by atoms with Crippen molar-refractivity contribution in [1.82, 2.24) is 9.55 Å². The van der Waals surface area contributed by atoms with Gasteiger partial charge in [0.1, 0.15) is 5.75 Å². The zero-order valence-electron chi connectivity index (χ0n) is 14.7. The third kappa shape index (κ3) is 3.20. The summed E-state index contributed by atoms with van der Waals surface area (Å²) in [6, 6.07) is 16.4. The first-order valence-electron chi connectivity index (χ1n) is 8.77. The summed E-state index contributed by atoms with van der Waals surface area (Å²) < 4.78 is 6.93. The maximum absolute atomic E-state index is 11.8. The van der Waals surface area contributed by atoms with E-state index in [9.17, 15) is 4.79 Å². The van der Waals surface area contributed by atoms with E-state index in [1.54, 1.807) is 13.1 Å². The predicted molar refractivity (Wildman–Crippen MR) is 102 cm³/mol. The van der Waals surface area contributed by atoms with Gasteiger partial charge in [0.15, 0.2) is 0 Å². The quantitative estimate of drug-likeness (QED) is 0.788. The fourth-order valence-electron chi connectivity index (χ4n) is 3.28. The molecule has 5 nitrogen and oxygen atoms in total. The number of hydrogen-bond acceptors (Lipinski definition) is 4. The number of aryl methyl sites for hydroxylation is 2. The minimum atomic E-state index is -0.124. The second-order valence-electron chi connectivity index (χ2n) is 6.62. The number of nitrogens with two attached hydrogens (primary N) is 1. The molecular formula is C21H21N3O2. The van der Waals surface area contributed by atoms with Gasteiger partial charge in [0.2, 0.25) is 5.95 Å². The zero-order valence-corrected chi connectivity index (χ0v) is 14.7. The van der Waals surface area contributed by atoms with Gasteiger partial charge in [-0.3, -0.25) is 9.36 Å². The van der Waals surface area contributed by atoms with Crippen molar-refractivity contribution in [2.45, 2.75) is 19.3 Å². The van der Waals surface area contributed by atoms with Gasteiger partial charge in [-0.25, -0.2) is 4.98 Å². The van der Waals surface area contributed by atoms with Crippen molar-refractivity contribution in [3.05, 3.63) is 75.7 Å². The number of anilines is 1. The van der Waals surface area contributed by atoms with E-state index >= 15 is 0 Å². The molecule has 0 saturated carbocycles. The van der Waals surface area contributed by atoms with Crippen LogP contribution in [0.2, 0.25) is 0 Å². The fraction of sp³-hybridized carbons (Fsp3) is 0.238. The molecule has 1 aliphatic heterocycles. The van der Waals surface area contributed by atoms with E-state index < -0.39 is 0 Å². The number of nitrogen functional groups attached to an aromatic ring is 1. The van der Waals surface area contributed by atoms with Crippen LogP contribution in [-0.4, -0.2) is 16.2 Å². The Hall–Kier alpha value is -3.08. The van der Waals surface area contributed by atoms with Gasteiger partial charge in [-0.15, -0.1) is 0 Å². The van der Waals surface area contributed by atoms with Gasteiger partial charge in [-0.2, -0.15) is 0 Å². The van der Waals surface area contributed by atoms with Gasteiger partial charge in [-0.1, -0.05) is 30.3 Å². The smallest absolute Gasteiger partial charge is 0.254 e. The van der Waals surface area contributed by atoms with Crippen molar-refractivity contribution in [3.8, 4) is 16.9 Å². The summed E-state index contributed by atoms with van der Waals surface area (Å²) in [6.07, 6.45) is 2.46. The van der Waals surface area contributed by atoms with Crippen molar-refractivity contribution < 1.29 is 4.74 Å². The van der Waals surface area contributed by atoms with Crippen LogP contribution in [0.25, 0.3) is 11.1 Å². The molecule has 1 aliphatic rings. The molecule has 5 heteroatoms. The van der Waals surface area contributed by atoms with Crippen molar-refractivity contribution in [3.63, 3.8) is 0 Å². The minimum Gasteiger partial charge on any atom is -0.493 e. The highest BCUT2D eigenvalue weighted by Gasteiger charge is 2.12. The Balaban J connectivity index is 1.54. The molecule has 132 valence electrons. The SMILES string of the molecule is Cn1c(N)nc(CCc2cccc(-c3ccc4c(c3)CCO4)c2)cc1=O. The summed E-state index contributed by atoms with van der Waals surface area (Å²) >= 11 is 0. The molecule has 4 rings (SSSR count). The van der Waals surface area contributed by atoms with Gasteiger partial charge < -0.3 is 10.5 Å². The van der Waals surface area contributed by atoms with E-state index in [1.807, 2.05) is 0 Å². The van der Waals surface area contributed by atoms with Crippen LogP contribution < -0.4 is 16.0 Å². The molecule has 0 radical (unpaired) electrons. The summed E-state index contributed by atoms with van der Waals surface area (Å²) in [5.41, 5.74) is 11.2. The van der Waals surface area contributed by atoms with Crippen LogP contribution in [0.1, 0.15) is 16.8 Å². The number of aromatic nitrogens is 2. The highest BCUT2D eigenvalue weighted by Crippen LogP contribution is 2.30. The van der Waals surface area contributed by atoms with Gasteiger partial charge in [-0.05, 0) is 47.2 Å². The van der Waals surface area contributed by atoms with E-state index in [0.29, 0.717) is 6.42 Å². The maximum Gasteiger partial charge on any atom is 0.254 e. The Bertz CT molecular complexity index is 1020. The van der Waals surface area contributed by atoms with E-state index in [4.69, 9.17) is 10.5 Å². The lowest BCUT2D eigenvalue weighted by Gasteiger charge is -2.08. The number of hydrogen-bond donors (Lipinski definition) is 1. The third-order valence-corrected chi connectivity index (χ3v) is 4.84. The molecule has 0 aliphatic carbocycles. The van der Waals surface area contributed by atoms with Crippen molar-refractivity contribution >= 4 is 5.95 Å². The highest BCUT2D eigenvalue weighted by molar-refractivity contribution is 5.66. The average molecular weight is 347 g/mol. The Morgan fingerprint density at radius 3 is 2.81 bits per heavy atom. The van der Waals surface area contributed by atoms with Crippen LogP contribution in [0.4, 0.5) is 5.95 Å². The van der Waals surface area contributed by atoms with Crippen LogP contribution in [0.3, 0.4) is 0 Å². The van der Waals surface area contributed by atoms with Crippen LogP contribution >= 0.6 is 0 Å². The Kier molecular flexibility index (Phi) is 4.21. The van der Waals surface area contributed by atoms with Crippen LogP contribution in [-0.2, 0) is 26.3 Å². The van der Waals surface area contributed by atoms with Crippen molar-refractivity contribution in [1.29, 1.82) is 0 Å². The maximum atomic E-state index is 11.8. The zero-order chi connectivity index (χ0) is 18.1. The molecule has 0 unspecified atom stereocenters. The van der Waals surface area contributed by atoms with Gasteiger partial charge in [0.05, 0.1) is 12.3 Å². The van der Waals surface area contributed by atoms with E-state index in [2.05, 4.69) is 47.4 Å². The Morgan fingerprint density at radius 2 is 1.96 bits per heavy atom. The van der Waals surface area contributed by atoms with Gasteiger partial charge in [0, 0.05) is 19.5 Å². The number of fused-ring (bicyclic) bond motifs is 1. The Labute approximate surface area is 152 Å². The summed E-state index contributed by atoms with van der Waals surface area (Å²) in [7, 11) is 1.62. The number of benzene rings is 2. The molecule has 2 heterocycles. The highest BCUT2D eigenvalue weighted by atomic mass is 16.5. The monoisotopic (exact) mass is 347 g/mol. The number of rotatable bonds is 4. The molecule has 2 aromatic carbocycles. The summed E-state index contributed by atoms with van der Waals surface area (Å²) in [5.74, 6) is 1.25. The predicted octanol–water partition coefficient (Wildman–Crippen LogP) is 2.75. The summed E-state index contributed by atoms with van der Waals surface area (Å²) in [5, 5.41) is 0. The lowest BCUT2D eigenvalue weighted by atomic mass is 9.98. The lowest BCUT2D eigenvalue weighted by Crippen LogP contribution is -2.21. The fourth-order valence-corrected chi connectivity index (χ4v) is 3.28.